The van der Waals surface area contributed by atoms with Crippen molar-refractivity contribution in [3.8, 4) is 0 Å². The zero-order valence-corrected chi connectivity index (χ0v) is 9.81. The lowest BCUT2D eigenvalue weighted by molar-refractivity contribution is -0.143. The largest absolute Gasteiger partial charge is 0.480 e. The van der Waals surface area contributed by atoms with E-state index in [1.54, 1.807) is 0 Å². The second-order valence-corrected chi connectivity index (χ2v) is 3.34. The van der Waals surface area contributed by atoms with Gasteiger partial charge in [0.1, 0.15) is 13.2 Å². The molecule has 0 aliphatic heterocycles. The first-order valence-corrected chi connectivity index (χ1v) is 5.51. The number of carbonyl (C=O) groups is 2. The number of hydrogen-bond donors (Lipinski definition) is 3. The quantitative estimate of drug-likeness (QED) is 0.403. The molecule has 0 saturated carbocycles. The number of amides is 1. The smallest absolute Gasteiger partial charge is 0.329 e. The van der Waals surface area contributed by atoms with Crippen LogP contribution in [0.5, 0.6) is 0 Å². The molecule has 0 radical (unpaired) electrons. The summed E-state index contributed by atoms with van der Waals surface area (Å²) in [6.45, 7) is 1.59. The van der Waals surface area contributed by atoms with Crippen LogP contribution in [0.25, 0.3) is 0 Å². The third kappa shape index (κ3) is 12.8. The van der Waals surface area contributed by atoms with E-state index in [9.17, 15) is 9.59 Å². The number of nitrogens with two attached hydrogens (primary N) is 1. The fraction of sp³-hybridized carbons (Fsp3) is 0.800. The number of carboxylic acids is 1. The van der Waals surface area contributed by atoms with Crippen LogP contribution in [0.4, 0.5) is 0 Å². The van der Waals surface area contributed by atoms with Crippen molar-refractivity contribution in [3.05, 3.63) is 0 Å². The van der Waals surface area contributed by atoms with Gasteiger partial charge in [0.05, 0.1) is 0 Å². The molecule has 0 unspecified atom stereocenters. The summed E-state index contributed by atoms with van der Waals surface area (Å²) < 4.78 is 9.84. The SMILES string of the molecule is NCCCOCCCNC(=O)COCC(=O)O. The van der Waals surface area contributed by atoms with Gasteiger partial charge >= 0.3 is 5.97 Å². The van der Waals surface area contributed by atoms with Gasteiger partial charge in [0.25, 0.3) is 0 Å². The third-order valence-electron chi connectivity index (χ3n) is 1.74. The van der Waals surface area contributed by atoms with Gasteiger partial charge in [0, 0.05) is 19.8 Å². The van der Waals surface area contributed by atoms with Crippen molar-refractivity contribution in [1.82, 2.24) is 5.32 Å². The van der Waals surface area contributed by atoms with Crippen LogP contribution in [0.1, 0.15) is 12.8 Å². The first kappa shape index (κ1) is 15.8. The number of carboxylic acid groups (broad SMARTS) is 1. The molecule has 0 aromatic rings. The average molecular weight is 248 g/mol. The summed E-state index contributed by atoms with van der Waals surface area (Å²) in [5.41, 5.74) is 5.28. The standard InChI is InChI=1S/C10H20N2O5/c11-3-1-5-16-6-2-4-12-9(13)7-17-8-10(14)15/h1-8,11H2,(H,12,13)(H,14,15). The minimum absolute atomic E-state index is 0.236. The van der Waals surface area contributed by atoms with Gasteiger partial charge in [-0.15, -0.1) is 0 Å². The highest BCUT2D eigenvalue weighted by atomic mass is 16.5. The first-order valence-electron chi connectivity index (χ1n) is 5.51. The molecule has 0 atom stereocenters. The Labute approximate surface area is 100 Å². The van der Waals surface area contributed by atoms with E-state index in [-0.39, 0.29) is 12.5 Å². The molecule has 0 aromatic carbocycles. The summed E-state index contributed by atoms with van der Waals surface area (Å²) in [7, 11) is 0. The lowest BCUT2D eigenvalue weighted by atomic mass is 10.4. The Balaban J connectivity index is 3.19. The van der Waals surface area contributed by atoms with Gasteiger partial charge in [-0.1, -0.05) is 0 Å². The zero-order chi connectivity index (χ0) is 12.9. The molecule has 0 aromatic heterocycles. The maximum absolute atomic E-state index is 11.1. The van der Waals surface area contributed by atoms with Crippen LogP contribution in [0.3, 0.4) is 0 Å². The van der Waals surface area contributed by atoms with Crippen LogP contribution in [0.15, 0.2) is 0 Å². The third-order valence-corrected chi connectivity index (χ3v) is 1.74. The summed E-state index contributed by atoms with van der Waals surface area (Å²) in [4.78, 5) is 21.2. The van der Waals surface area contributed by atoms with E-state index in [4.69, 9.17) is 15.6 Å². The van der Waals surface area contributed by atoms with Crippen molar-refractivity contribution >= 4 is 11.9 Å². The normalized spacial score (nSPS) is 10.2. The average Bonchev–Trinajstić information content (AvgIpc) is 2.27. The Morgan fingerprint density at radius 2 is 1.82 bits per heavy atom. The number of rotatable bonds is 11. The van der Waals surface area contributed by atoms with Crippen molar-refractivity contribution in [1.29, 1.82) is 0 Å². The van der Waals surface area contributed by atoms with Crippen molar-refractivity contribution < 1.29 is 24.2 Å². The van der Waals surface area contributed by atoms with Gasteiger partial charge in [-0.2, -0.15) is 0 Å². The highest BCUT2D eigenvalue weighted by Gasteiger charge is 2.02. The molecule has 7 nitrogen and oxygen atoms in total. The number of nitrogens with one attached hydrogen (secondary N) is 1. The molecule has 0 bridgehead atoms. The highest BCUT2D eigenvalue weighted by molar-refractivity contribution is 5.77. The number of hydrogen-bond acceptors (Lipinski definition) is 5. The fourth-order valence-corrected chi connectivity index (χ4v) is 0.972. The number of aliphatic carboxylic acids is 1. The van der Waals surface area contributed by atoms with E-state index in [1.807, 2.05) is 0 Å². The summed E-state index contributed by atoms with van der Waals surface area (Å²) in [6.07, 6.45) is 1.53. The molecule has 7 heteroatoms. The molecule has 0 aliphatic rings. The molecule has 0 heterocycles. The van der Waals surface area contributed by atoms with E-state index in [0.717, 1.165) is 6.42 Å². The highest BCUT2D eigenvalue weighted by Crippen LogP contribution is 1.84. The summed E-state index contributed by atoms with van der Waals surface area (Å²) in [5, 5.41) is 10.8. The van der Waals surface area contributed by atoms with E-state index >= 15 is 0 Å². The monoisotopic (exact) mass is 248 g/mol. The van der Waals surface area contributed by atoms with Crippen molar-refractivity contribution in [2.45, 2.75) is 12.8 Å². The molecule has 0 rings (SSSR count). The van der Waals surface area contributed by atoms with Crippen LogP contribution >= 0.6 is 0 Å². The second kappa shape index (κ2) is 11.3. The summed E-state index contributed by atoms with van der Waals surface area (Å²) >= 11 is 0. The van der Waals surface area contributed by atoms with E-state index < -0.39 is 12.6 Å². The van der Waals surface area contributed by atoms with Gasteiger partial charge < -0.3 is 25.6 Å². The van der Waals surface area contributed by atoms with Gasteiger partial charge in [0.2, 0.25) is 5.91 Å². The molecule has 1 amide bonds. The van der Waals surface area contributed by atoms with Gasteiger partial charge in [0.15, 0.2) is 0 Å². The molecular formula is C10H20N2O5. The summed E-state index contributed by atoms with van der Waals surface area (Å²) in [5.74, 6) is -1.42. The molecule has 0 saturated heterocycles. The number of carbonyl (C=O) groups excluding carboxylic acids is 1. The van der Waals surface area contributed by atoms with Crippen LogP contribution in [0, 0.1) is 0 Å². The Morgan fingerprint density at radius 1 is 1.12 bits per heavy atom. The molecule has 4 N–H and O–H groups in total. The Kier molecular flexibility index (Phi) is 10.5. The predicted octanol–water partition coefficient (Wildman–Crippen LogP) is -1.04. The maximum Gasteiger partial charge on any atom is 0.329 e. The van der Waals surface area contributed by atoms with Crippen molar-refractivity contribution in [2.75, 3.05) is 39.5 Å². The van der Waals surface area contributed by atoms with E-state index in [1.165, 1.54) is 0 Å². The van der Waals surface area contributed by atoms with Crippen molar-refractivity contribution in [3.63, 3.8) is 0 Å². The van der Waals surface area contributed by atoms with Crippen molar-refractivity contribution in [2.24, 2.45) is 5.73 Å². The molecular weight excluding hydrogens is 228 g/mol. The molecule has 0 fully saturated rings. The molecule has 0 aliphatic carbocycles. The van der Waals surface area contributed by atoms with Crippen LogP contribution in [-0.2, 0) is 19.1 Å². The fourth-order valence-electron chi connectivity index (χ4n) is 0.972. The van der Waals surface area contributed by atoms with Crippen LogP contribution in [-0.4, -0.2) is 56.5 Å². The molecule has 17 heavy (non-hydrogen) atoms. The Hall–Kier alpha value is -1.18. The lowest BCUT2D eigenvalue weighted by Gasteiger charge is -2.05. The van der Waals surface area contributed by atoms with E-state index in [2.05, 4.69) is 10.1 Å². The number of ether oxygens (including phenoxy) is 2. The Bertz CT molecular complexity index is 223. The van der Waals surface area contributed by atoms with E-state index in [0.29, 0.717) is 32.7 Å². The molecule has 100 valence electrons. The van der Waals surface area contributed by atoms with Gasteiger partial charge in [-0.05, 0) is 19.4 Å². The van der Waals surface area contributed by atoms with Gasteiger partial charge in [-0.3, -0.25) is 4.79 Å². The van der Waals surface area contributed by atoms with Gasteiger partial charge in [-0.25, -0.2) is 4.79 Å². The minimum Gasteiger partial charge on any atom is -0.480 e. The maximum atomic E-state index is 11.1. The first-order chi connectivity index (χ1) is 8.16. The predicted molar refractivity (Wildman–Crippen MR) is 60.6 cm³/mol. The van der Waals surface area contributed by atoms with Crippen LogP contribution < -0.4 is 11.1 Å². The van der Waals surface area contributed by atoms with Crippen LogP contribution in [0.2, 0.25) is 0 Å². The lowest BCUT2D eigenvalue weighted by Crippen LogP contribution is -2.30. The summed E-state index contributed by atoms with van der Waals surface area (Å²) in [6, 6.07) is 0. The second-order valence-electron chi connectivity index (χ2n) is 3.34. The molecule has 0 spiro atoms. The minimum atomic E-state index is -1.09. The zero-order valence-electron chi connectivity index (χ0n) is 9.81. The topological polar surface area (TPSA) is 111 Å². The Morgan fingerprint density at radius 3 is 2.47 bits per heavy atom.